The van der Waals surface area contributed by atoms with Gasteiger partial charge < -0.3 is 0 Å². The summed E-state index contributed by atoms with van der Waals surface area (Å²) in [5, 5.41) is 0. The van der Waals surface area contributed by atoms with Crippen molar-refractivity contribution >= 4 is 29.2 Å². The molecule has 3 rings (SSSR count). The summed E-state index contributed by atoms with van der Waals surface area (Å²) in [6, 6.07) is 13.1. The number of hydrogen-bond acceptors (Lipinski definition) is 3. The molecule has 5 heteroatoms. The zero-order valence-electron chi connectivity index (χ0n) is 12.2. The summed E-state index contributed by atoms with van der Waals surface area (Å²) >= 11 is 0. The molecule has 2 aromatic carbocycles. The van der Waals surface area contributed by atoms with Crippen LogP contribution in [0.4, 0.5) is 16.2 Å². The van der Waals surface area contributed by atoms with E-state index in [1.807, 2.05) is 13.8 Å². The number of aryl methyl sites for hydroxylation is 2. The normalized spacial score (nSPS) is 14.9. The number of carbonyl (C=O) groups excluding carboxylic acids is 3. The van der Waals surface area contributed by atoms with Gasteiger partial charge in [0.15, 0.2) is 0 Å². The third-order valence-corrected chi connectivity index (χ3v) is 3.56. The van der Waals surface area contributed by atoms with Gasteiger partial charge in [0.05, 0.1) is 11.4 Å². The van der Waals surface area contributed by atoms with E-state index in [0.717, 1.165) is 20.9 Å². The lowest BCUT2D eigenvalue weighted by molar-refractivity contribution is -0.133. The SMILES string of the molecule is Cc1ccc(N2C(=O)C(=O)N(c3ccc(C)cc3)C2=O)cc1. The lowest BCUT2D eigenvalue weighted by Gasteiger charge is -2.15. The summed E-state index contributed by atoms with van der Waals surface area (Å²) in [5.74, 6) is -1.68. The number of rotatable bonds is 2. The smallest absolute Gasteiger partial charge is 0.262 e. The summed E-state index contributed by atoms with van der Waals surface area (Å²) in [5.41, 5.74) is 2.79. The second-order valence-corrected chi connectivity index (χ2v) is 5.23. The van der Waals surface area contributed by atoms with Gasteiger partial charge in [0, 0.05) is 0 Å². The Kier molecular flexibility index (Phi) is 3.25. The molecule has 1 aliphatic rings. The molecular formula is C17H14N2O3. The molecule has 1 heterocycles. The molecule has 110 valence electrons. The summed E-state index contributed by atoms with van der Waals surface area (Å²) in [4.78, 5) is 38.6. The van der Waals surface area contributed by atoms with Gasteiger partial charge in [-0.15, -0.1) is 0 Å². The molecule has 0 N–H and O–H groups in total. The molecule has 1 fully saturated rings. The molecule has 0 aliphatic carbocycles. The molecule has 0 radical (unpaired) electrons. The molecule has 1 saturated heterocycles. The first-order valence-electron chi connectivity index (χ1n) is 6.85. The Morgan fingerprint density at radius 3 is 1.23 bits per heavy atom. The van der Waals surface area contributed by atoms with Crippen LogP contribution >= 0.6 is 0 Å². The summed E-state index contributed by atoms with van der Waals surface area (Å²) in [6.07, 6.45) is 0. The van der Waals surface area contributed by atoms with Crippen LogP contribution in [0.5, 0.6) is 0 Å². The molecule has 2 aromatic rings. The van der Waals surface area contributed by atoms with E-state index >= 15 is 0 Å². The van der Waals surface area contributed by atoms with Gasteiger partial charge in [-0.2, -0.15) is 0 Å². The summed E-state index contributed by atoms with van der Waals surface area (Å²) < 4.78 is 0. The van der Waals surface area contributed by atoms with Crippen molar-refractivity contribution in [1.29, 1.82) is 0 Å². The Bertz CT molecular complexity index is 698. The van der Waals surface area contributed by atoms with E-state index in [1.165, 1.54) is 0 Å². The number of imide groups is 2. The molecule has 1 aliphatic heterocycles. The summed E-state index contributed by atoms with van der Waals surface area (Å²) in [6.45, 7) is 3.81. The van der Waals surface area contributed by atoms with Crippen molar-refractivity contribution in [3.05, 3.63) is 59.7 Å². The van der Waals surface area contributed by atoms with Crippen LogP contribution in [-0.4, -0.2) is 17.8 Å². The van der Waals surface area contributed by atoms with Gasteiger partial charge in [0.2, 0.25) is 0 Å². The maximum absolute atomic E-state index is 12.5. The third-order valence-electron chi connectivity index (χ3n) is 3.56. The minimum atomic E-state index is -0.838. The van der Waals surface area contributed by atoms with Gasteiger partial charge in [0.1, 0.15) is 0 Å². The first-order chi connectivity index (χ1) is 10.5. The van der Waals surface area contributed by atoms with Crippen LogP contribution in [0.15, 0.2) is 48.5 Å². The third kappa shape index (κ3) is 2.16. The topological polar surface area (TPSA) is 57.7 Å². The van der Waals surface area contributed by atoms with E-state index in [2.05, 4.69) is 0 Å². The van der Waals surface area contributed by atoms with Crippen LogP contribution in [0, 0.1) is 13.8 Å². The Hall–Kier alpha value is -2.95. The first-order valence-corrected chi connectivity index (χ1v) is 6.85. The van der Waals surface area contributed by atoms with Gasteiger partial charge in [-0.05, 0) is 38.1 Å². The highest BCUT2D eigenvalue weighted by Crippen LogP contribution is 2.27. The molecule has 5 nitrogen and oxygen atoms in total. The molecule has 0 saturated carbocycles. The van der Waals surface area contributed by atoms with Gasteiger partial charge in [-0.25, -0.2) is 14.6 Å². The van der Waals surface area contributed by atoms with Crippen LogP contribution in [0.1, 0.15) is 11.1 Å². The van der Waals surface area contributed by atoms with E-state index in [1.54, 1.807) is 48.5 Å². The van der Waals surface area contributed by atoms with Crippen LogP contribution < -0.4 is 9.80 Å². The zero-order chi connectivity index (χ0) is 15.9. The molecule has 0 unspecified atom stereocenters. The fourth-order valence-corrected chi connectivity index (χ4v) is 2.31. The number of anilines is 2. The quantitative estimate of drug-likeness (QED) is 0.632. The fraction of sp³-hybridized carbons (Fsp3) is 0.118. The average molecular weight is 294 g/mol. The van der Waals surface area contributed by atoms with Crippen molar-refractivity contribution in [1.82, 2.24) is 0 Å². The minimum absolute atomic E-state index is 0.392. The zero-order valence-corrected chi connectivity index (χ0v) is 12.2. The van der Waals surface area contributed by atoms with E-state index in [9.17, 15) is 14.4 Å². The first kappa shape index (κ1) is 14.0. The Morgan fingerprint density at radius 2 is 0.909 bits per heavy atom. The van der Waals surface area contributed by atoms with Crippen molar-refractivity contribution in [3.8, 4) is 0 Å². The second kappa shape index (κ2) is 5.11. The molecule has 0 spiro atoms. The number of urea groups is 1. The van der Waals surface area contributed by atoms with E-state index in [-0.39, 0.29) is 0 Å². The molecule has 22 heavy (non-hydrogen) atoms. The molecule has 4 amide bonds. The van der Waals surface area contributed by atoms with Crippen LogP contribution in [0.25, 0.3) is 0 Å². The van der Waals surface area contributed by atoms with Crippen molar-refractivity contribution in [2.75, 3.05) is 9.80 Å². The van der Waals surface area contributed by atoms with Gasteiger partial charge >= 0.3 is 17.8 Å². The second-order valence-electron chi connectivity index (χ2n) is 5.23. The number of benzene rings is 2. The molecule has 0 atom stereocenters. The van der Waals surface area contributed by atoms with Crippen molar-refractivity contribution in [2.24, 2.45) is 0 Å². The monoisotopic (exact) mass is 294 g/mol. The van der Waals surface area contributed by atoms with E-state index in [0.29, 0.717) is 11.4 Å². The maximum Gasteiger partial charge on any atom is 0.343 e. The Morgan fingerprint density at radius 1 is 0.591 bits per heavy atom. The fourth-order valence-electron chi connectivity index (χ4n) is 2.31. The predicted molar refractivity (Wildman–Crippen MR) is 82.7 cm³/mol. The van der Waals surface area contributed by atoms with Crippen LogP contribution in [-0.2, 0) is 9.59 Å². The number of carbonyl (C=O) groups is 3. The highest BCUT2D eigenvalue weighted by atomic mass is 16.2. The Balaban J connectivity index is 2.00. The Labute approximate surface area is 127 Å². The van der Waals surface area contributed by atoms with E-state index in [4.69, 9.17) is 0 Å². The van der Waals surface area contributed by atoms with Crippen molar-refractivity contribution in [2.45, 2.75) is 13.8 Å². The maximum atomic E-state index is 12.5. The van der Waals surface area contributed by atoms with E-state index < -0.39 is 17.8 Å². The van der Waals surface area contributed by atoms with Gasteiger partial charge in [-0.3, -0.25) is 9.59 Å². The van der Waals surface area contributed by atoms with Gasteiger partial charge in [0.25, 0.3) is 0 Å². The van der Waals surface area contributed by atoms with Gasteiger partial charge in [-0.1, -0.05) is 35.4 Å². The molecular weight excluding hydrogens is 280 g/mol. The largest absolute Gasteiger partial charge is 0.343 e. The van der Waals surface area contributed by atoms with Crippen molar-refractivity contribution < 1.29 is 14.4 Å². The lowest BCUT2D eigenvalue weighted by Crippen LogP contribution is -2.33. The summed E-state index contributed by atoms with van der Waals surface area (Å²) in [7, 11) is 0. The molecule has 0 aromatic heterocycles. The predicted octanol–water partition coefficient (Wildman–Crippen LogP) is 2.80. The van der Waals surface area contributed by atoms with Crippen LogP contribution in [0.3, 0.4) is 0 Å². The highest BCUT2D eigenvalue weighted by molar-refractivity contribution is 6.60. The van der Waals surface area contributed by atoms with Crippen molar-refractivity contribution in [3.63, 3.8) is 0 Å². The lowest BCUT2D eigenvalue weighted by atomic mass is 10.2. The average Bonchev–Trinajstić information content (AvgIpc) is 2.72. The number of hydrogen-bond donors (Lipinski definition) is 0. The number of nitrogens with zero attached hydrogens (tertiary/aromatic N) is 2. The number of amides is 4. The van der Waals surface area contributed by atoms with Crippen LogP contribution in [0.2, 0.25) is 0 Å². The highest BCUT2D eigenvalue weighted by Gasteiger charge is 2.46. The minimum Gasteiger partial charge on any atom is -0.262 e. The standard InChI is InChI=1S/C17H14N2O3/c1-11-3-7-13(8-4-11)18-15(20)16(21)19(17(18)22)14-9-5-12(2)6-10-14/h3-10H,1-2H3. The molecule has 0 bridgehead atoms.